The van der Waals surface area contributed by atoms with E-state index < -0.39 is 10.2 Å². The Labute approximate surface area is 199 Å². The van der Waals surface area contributed by atoms with Gasteiger partial charge in [-0.1, -0.05) is 12.2 Å². The van der Waals surface area contributed by atoms with E-state index in [9.17, 15) is 13.7 Å². The van der Waals surface area contributed by atoms with E-state index in [-0.39, 0.29) is 6.54 Å². The minimum atomic E-state index is -3.53. The van der Waals surface area contributed by atoms with Gasteiger partial charge in [0.05, 0.1) is 30.1 Å². The molecular formula is C23H27N7O3S. The minimum Gasteiger partial charge on any atom is -0.492 e. The molecule has 1 saturated heterocycles. The molecule has 0 saturated carbocycles. The first kappa shape index (κ1) is 23.7. The zero-order valence-corrected chi connectivity index (χ0v) is 20.0. The molecule has 1 N–H and O–H groups in total. The smallest absolute Gasteiger partial charge is 0.279 e. The summed E-state index contributed by atoms with van der Waals surface area (Å²) < 4.78 is 36.2. The molecule has 4 heterocycles. The Kier molecular flexibility index (Phi) is 6.83. The van der Waals surface area contributed by atoms with Crippen molar-refractivity contribution in [3.05, 3.63) is 54.5 Å². The molecule has 0 aromatic carbocycles. The average molecular weight is 482 g/mol. The Balaban J connectivity index is 1.53. The quantitative estimate of drug-likeness (QED) is 0.490. The number of piperazine rings is 1. The predicted octanol–water partition coefficient (Wildman–Crippen LogP) is 2.20. The fraction of sp³-hybridized carbons (Fsp3) is 0.348. The average Bonchev–Trinajstić information content (AvgIpc) is 3.26. The molecule has 0 spiro atoms. The third-order valence-corrected chi connectivity index (χ3v) is 7.09. The molecule has 0 aliphatic carbocycles. The van der Waals surface area contributed by atoms with Crippen LogP contribution in [-0.2, 0) is 10.2 Å². The van der Waals surface area contributed by atoms with E-state index in [2.05, 4.69) is 32.4 Å². The number of nitrogens with zero attached hydrogens (tertiary/aromatic N) is 6. The highest BCUT2D eigenvalue weighted by Crippen LogP contribution is 2.31. The highest BCUT2D eigenvalue weighted by atomic mass is 32.2. The summed E-state index contributed by atoms with van der Waals surface area (Å²) in [6, 6.07) is 7.93. The van der Waals surface area contributed by atoms with Crippen molar-refractivity contribution in [3.8, 4) is 22.9 Å². The number of hydrogen-bond acceptors (Lipinski definition) is 7. The van der Waals surface area contributed by atoms with Crippen molar-refractivity contribution in [1.82, 2.24) is 23.6 Å². The number of aromatic nitrogens is 3. The van der Waals surface area contributed by atoms with Crippen LogP contribution < -0.4 is 14.4 Å². The van der Waals surface area contributed by atoms with Crippen LogP contribution in [0.25, 0.3) is 16.6 Å². The van der Waals surface area contributed by atoms with Gasteiger partial charge in [0.1, 0.15) is 17.6 Å². The highest BCUT2D eigenvalue weighted by Gasteiger charge is 2.27. The van der Waals surface area contributed by atoms with E-state index >= 15 is 0 Å². The van der Waals surface area contributed by atoms with Gasteiger partial charge >= 0.3 is 0 Å². The number of anilines is 1. The normalized spacial score (nSPS) is 14.8. The number of rotatable bonds is 8. The van der Waals surface area contributed by atoms with E-state index in [4.69, 9.17) is 4.74 Å². The Morgan fingerprint density at radius 1 is 1.26 bits per heavy atom. The Hall–Kier alpha value is -3.46. The molecule has 0 unspecified atom stereocenters. The second-order valence-corrected chi connectivity index (χ2v) is 9.82. The van der Waals surface area contributed by atoms with Crippen LogP contribution >= 0.6 is 0 Å². The summed E-state index contributed by atoms with van der Waals surface area (Å²) in [5.74, 6) is 1.42. The van der Waals surface area contributed by atoms with Crippen molar-refractivity contribution < 1.29 is 13.2 Å². The molecule has 0 amide bonds. The van der Waals surface area contributed by atoms with Crippen LogP contribution in [0.4, 0.5) is 5.82 Å². The van der Waals surface area contributed by atoms with Gasteiger partial charge in [0.2, 0.25) is 0 Å². The molecule has 1 aliphatic heterocycles. The summed E-state index contributed by atoms with van der Waals surface area (Å²) in [7, 11) is -3.53. The second-order valence-electron chi connectivity index (χ2n) is 8.06. The molecule has 1 aliphatic rings. The maximum Gasteiger partial charge on any atom is 0.279 e. The van der Waals surface area contributed by atoms with Crippen LogP contribution in [0, 0.1) is 11.3 Å². The van der Waals surface area contributed by atoms with Crippen LogP contribution in [0.15, 0.2) is 48.9 Å². The Morgan fingerprint density at radius 3 is 2.65 bits per heavy atom. The molecule has 4 rings (SSSR count). The van der Waals surface area contributed by atoms with Gasteiger partial charge in [0.15, 0.2) is 0 Å². The summed E-state index contributed by atoms with van der Waals surface area (Å²) in [6.07, 6.45) is 5.05. The minimum absolute atomic E-state index is 0.230. The molecule has 1 fully saturated rings. The SMILES string of the molecule is C=C(C)CNS(=O)(=O)N1CCN(c2ccc(-c3cc(OCC)cn4ncc(C#N)c34)cn2)CC1. The number of hydrogen-bond donors (Lipinski definition) is 1. The molecule has 178 valence electrons. The van der Waals surface area contributed by atoms with Gasteiger partial charge in [-0.3, -0.25) is 0 Å². The summed E-state index contributed by atoms with van der Waals surface area (Å²) in [6.45, 7) is 9.97. The van der Waals surface area contributed by atoms with Crippen molar-refractivity contribution in [2.75, 3.05) is 44.2 Å². The molecule has 11 heteroatoms. The van der Waals surface area contributed by atoms with Crippen molar-refractivity contribution in [2.24, 2.45) is 0 Å². The summed E-state index contributed by atoms with van der Waals surface area (Å²) in [5, 5.41) is 13.8. The first-order valence-electron chi connectivity index (χ1n) is 11.0. The van der Waals surface area contributed by atoms with Crippen molar-refractivity contribution in [2.45, 2.75) is 13.8 Å². The third kappa shape index (κ3) is 4.89. The molecule has 0 bridgehead atoms. The number of pyridine rings is 2. The van der Waals surface area contributed by atoms with Crippen LogP contribution in [-0.4, -0.2) is 66.7 Å². The topological polar surface area (TPSA) is 116 Å². The number of nitriles is 1. The zero-order chi connectivity index (χ0) is 24.3. The maximum atomic E-state index is 12.4. The highest BCUT2D eigenvalue weighted by molar-refractivity contribution is 7.87. The number of ether oxygens (including phenoxy) is 1. The second kappa shape index (κ2) is 9.80. The van der Waals surface area contributed by atoms with Gasteiger partial charge in [-0.15, -0.1) is 0 Å². The van der Waals surface area contributed by atoms with E-state index in [1.165, 1.54) is 10.5 Å². The summed E-state index contributed by atoms with van der Waals surface area (Å²) >= 11 is 0. The van der Waals surface area contributed by atoms with Gasteiger partial charge < -0.3 is 9.64 Å². The number of fused-ring (bicyclic) bond motifs is 1. The first-order chi connectivity index (χ1) is 16.3. The van der Waals surface area contributed by atoms with Crippen LogP contribution in [0.1, 0.15) is 19.4 Å². The van der Waals surface area contributed by atoms with Crippen LogP contribution in [0.2, 0.25) is 0 Å². The lowest BCUT2D eigenvalue weighted by Crippen LogP contribution is -2.52. The lowest BCUT2D eigenvalue weighted by Gasteiger charge is -2.34. The lowest BCUT2D eigenvalue weighted by molar-refractivity contribution is 0.338. The Bertz CT molecular complexity index is 1340. The number of nitrogens with one attached hydrogen (secondary N) is 1. The molecule has 3 aromatic heterocycles. The van der Waals surface area contributed by atoms with E-state index in [0.717, 1.165) is 22.5 Å². The summed E-state index contributed by atoms with van der Waals surface area (Å²) in [5.41, 5.74) is 3.56. The molecule has 34 heavy (non-hydrogen) atoms. The molecule has 0 radical (unpaired) electrons. The van der Waals surface area contributed by atoms with Gasteiger partial charge in [0, 0.05) is 50.0 Å². The van der Waals surface area contributed by atoms with Crippen molar-refractivity contribution in [1.29, 1.82) is 5.26 Å². The fourth-order valence-corrected chi connectivity index (χ4v) is 5.10. The lowest BCUT2D eigenvalue weighted by atomic mass is 10.1. The molecule has 3 aromatic rings. The Morgan fingerprint density at radius 2 is 2.03 bits per heavy atom. The van der Waals surface area contributed by atoms with E-state index in [1.807, 2.05) is 25.1 Å². The third-order valence-electron chi connectivity index (χ3n) is 5.54. The van der Waals surface area contributed by atoms with Gasteiger partial charge in [0.25, 0.3) is 10.2 Å². The zero-order valence-electron chi connectivity index (χ0n) is 19.2. The van der Waals surface area contributed by atoms with Gasteiger partial charge in [-0.25, -0.2) is 9.50 Å². The van der Waals surface area contributed by atoms with E-state index in [1.54, 1.807) is 23.8 Å². The fourth-order valence-electron chi connectivity index (χ4n) is 3.84. The standard InChI is InChI=1S/C23H27N7O3S/c1-4-33-20-11-21(23-19(12-24)15-26-30(23)16-20)18-5-6-22(25-14-18)28-7-9-29(10-8-28)34(31,32)27-13-17(2)3/h5-6,11,14-16,27H,2,4,7-10,13H2,1,3H3. The molecule has 10 nitrogen and oxygen atoms in total. The van der Waals surface area contributed by atoms with Crippen molar-refractivity contribution in [3.63, 3.8) is 0 Å². The largest absolute Gasteiger partial charge is 0.492 e. The summed E-state index contributed by atoms with van der Waals surface area (Å²) in [4.78, 5) is 6.68. The van der Waals surface area contributed by atoms with E-state index in [0.29, 0.717) is 49.6 Å². The monoisotopic (exact) mass is 481 g/mol. The van der Waals surface area contributed by atoms with Gasteiger partial charge in [-0.2, -0.15) is 27.8 Å². The van der Waals surface area contributed by atoms with Crippen LogP contribution in [0.3, 0.4) is 0 Å². The predicted molar refractivity (Wildman–Crippen MR) is 130 cm³/mol. The van der Waals surface area contributed by atoms with Gasteiger partial charge in [-0.05, 0) is 32.0 Å². The first-order valence-corrected chi connectivity index (χ1v) is 12.4. The van der Waals surface area contributed by atoms with Crippen LogP contribution in [0.5, 0.6) is 5.75 Å². The van der Waals surface area contributed by atoms with Crippen molar-refractivity contribution >= 4 is 21.5 Å². The molecule has 0 atom stereocenters. The maximum absolute atomic E-state index is 12.4. The molecular weight excluding hydrogens is 454 g/mol.